The van der Waals surface area contributed by atoms with Crippen LogP contribution in [0.1, 0.15) is 51.7 Å². The van der Waals surface area contributed by atoms with Crippen molar-refractivity contribution in [3.05, 3.63) is 35.6 Å². The second kappa shape index (κ2) is 9.05. The normalized spacial score (nSPS) is 14.3. The summed E-state index contributed by atoms with van der Waals surface area (Å²) in [6, 6.07) is 6.62. The van der Waals surface area contributed by atoms with Gasteiger partial charge in [-0.05, 0) is 44.0 Å². The van der Waals surface area contributed by atoms with Crippen LogP contribution in [0.25, 0.3) is 0 Å². The van der Waals surface area contributed by atoms with E-state index in [4.69, 9.17) is 4.74 Å². The Morgan fingerprint density at radius 1 is 1.16 bits per heavy atom. The van der Waals surface area contributed by atoms with Crippen molar-refractivity contribution < 1.29 is 9.13 Å². The highest BCUT2D eigenvalue weighted by Crippen LogP contribution is 2.20. The molecule has 0 bridgehead atoms. The van der Waals surface area contributed by atoms with Crippen LogP contribution in [-0.2, 0) is 4.74 Å². The second-order valence-electron chi connectivity index (χ2n) is 4.98. The number of rotatable bonds is 9. The smallest absolute Gasteiger partial charge is 0.123 e. The zero-order valence-electron chi connectivity index (χ0n) is 12.3. The van der Waals surface area contributed by atoms with E-state index < -0.39 is 0 Å². The minimum atomic E-state index is -0.203. The van der Waals surface area contributed by atoms with Crippen LogP contribution in [-0.4, -0.2) is 19.2 Å². The molecule has 0 aliphatic carbocycles. The molecule has 2 unspecified atom stereocenters. The fraction of sp³-hybridized carbons (Fsp3) is 0.625. The predicted molar refractivity (Wildman–Crippen MR) is 77.8 cm³/mol. The number of hydrogen-bond donors (Lipinski definition) is 1. The first kappa shape index (κ1) is 16.1. The number of benzene rings is 1. The van der Waals surface area contributed by atoms with Crippen molar-refractivity contribution in [3.8, 4) is 0 Å². The third-order valence-corrected chi connectivity index (χ3v) is 3.09. The van der Waals surface area contributed by atoms with Gasteiger partial charge in [-0.3, -0.25) is 0 Å². The lowest BCUT2D eigenvalue weighted by Gasteiger charge is -2.23. The van der Waals surface area contributed by atoms with Crippen molar-refractivity contribution in [1.29, 1.82) is 0 Å². The first-order valence-electron chi connectivity index (χ1n) is 7.29. The van der Waals surface area contributed by atoms with Crippen LogP contribution in [0.4, 0.5) is 4.39 Å². The lowest BCUT2D eigenvalue weighted by atomic mass is 10.1. The maximum atomic E-state index is 13.0. The van der Waals surface area contributed by atoms with Gasteiger partial charge in [0.1, 0.15) is 5.82 Å². The summed E-state index contributed by atoms with van der Waals surface area (Å²) in [6.45, 7) is 8.14. The van der Waals surface area contributed by atoms with Crippen molar-refractivity contribution in [2.75, 3.05) is 13.1 Å². The van der Waals surface area contributed by atoms with E-state index in [1.807, 2.05) is 12.1 Å². The molecule has 1 N–H and O–H groups in total. The van der Waals surface area contributed by atoms with Gasteiger partial charge in [0, 0.05) is 6.54 Å². The summed E-state index contributed by atoms with van der Waals surface area (Å²) in [5.74, 6) is -0.203. The van der Waals surface area contributed by atoms with Crippen LogP contribution in [0, 0.1) is 5.82 Å². The van der Waals surface area contributed by atoms with E-state index in [9.17, 15) is 4.39 Å². The number of nitrogens with one attached hydrogen (secondary N) is 1. The van der Waals surface area contributed by atoms with Gasteiger partial charge in [-0.1, -0.05) is 32.4 Å². The lowest BCUT2D eigenvalue weighted by molar-refractivity contribution is -0.00714. The van der Waals surface area contributed by atoms with E-state index in [1.54, 1.807) is 0 Å². The second-order valence-corrected chi connectivity index (χ2v) is 4.98. The quantitative estimate of drug-likeness (QED) is 0.681. The maximum Gasteiger partial charge on any atom is 0.123 e. The van der Waals surface area contributed by atoms with Gasteiger partial charge in [0.25, 0.3) is 0 Å². The Balaban J connectivity index is 2.64. The predicted octanol–water partition coefficient (Wildman–Crippen LogP) is 4.07. The highest BCUT2D eigenvalue weighted by molar-refractivity contribution is 5.19. The molecular formula is C16H26FNO. The molecule has 1 aromatic rings. The Hall–Kier alpha value is -0.930. The highest BCUT2D eigenvalue weighted by atomic mass is 19.1. The van der Waals surface area contributed by atoms with Crippen LogP contribution in [0.5, 0.6) is 0 Å². The zero-order chi connectivity index (χ0) is 14.1. The maximum absolute atomic E-state index is 13.0. The van der Waals surface area contributed by atoms with Crippen LogP contribution in [0.2, 0.25) is 0 Å². The summed E-state index contributed by atoms with van der Waals surface area (Å²) < 4.78 is 19.1. The molecule has 0 aliphatic heterocycles. The SMILES string of the molecule is CCCNCC(OC(C)CCC)c1ccc(F)cc1. The molecule has 2 nitrogen and oxygen atoms in total. The lowest BCUT2D eigenvalue weighted by Crippen LogP contribution is -2.26. The molecule has 0 aromatic heterocycles. The van der Waals surface area contributed by atoms with Crippen LogP contribution < -0.4 is 5.32 Å². The molecule has 0 saturated heterocycles. The standard InChI is InChI=1S/C16H26FNO/c1-4-6-13(3)19-16(12-18-11-5-2)14-7-9-15(17)10-8-14/h7-10,13,16,18H,4-6,11-12H2,1-3H3. The van der Waals surface area contributed by atoms with E-state index >= 15 is 0 Å². The van der Waals surface area contributed by atoms with E-state index in [2.05, 4.69) is 26.1 Å². The summed E-state index contributed by atoms with van der Waals surface area (Å²) in [5, 5.41) is 3.38. The molecule has 0 radical (unpaired) electrons. The molecule has 108 valence electrons. The van der Waals surface area contributed by atoms with Gasteiger partial charge in [-0.2, -0.15) is 0 Å². The van der Waals surface area contributed by atoms with Crippen molar-refractivity contribution in [2.24, 2.45) is 0 Å². The molecule has 0 amide bonds. The van der Waals surface area contributed by atoms with Crippen LogP contribution >= 0.6 is 0 Å². The average molecular weight is 267 g/mol. The van der Waals surface area contributed by atoms with Gasteiger partial charge in [0.2, 0.25) is 0 Å². The number of hydrogen-bond acceptors (Lipinski definition) is 2. The molecule has 2 atom stereocenters. The minimum Gasteiger partial charge on any atom is -0.369 e. The average Bonchev–Trinajstić information content (AvgIpc) is 2.39. The Morgan fingerprint density at radius 2 is 1.84 bits per heavy atom. The molecule has 0 saturated carbocycles. The monoisotopic (exact) mass is 267 g/mol. The van der Waals surface area contributed by atoms with Gasteiger partial charge in [0.15, 0.2) is 0 Å². The fourth-order valence-corrected chi connectivity index (χ4v) is 2.09. The summed E-state index contributed by atoms with van der Waals surface area (Å²) in [4.78, 5) is 0. The summed E-state index contributed by atoms with van der Waals surface area (Å²) in [6.07, 6.45) is 3.48. The van der Waals surface area contributed by atoms with E-state index in [-0.39, 0.29) is 18.0 Å². The third-order valence-electron chi connectivity index (χ3n) is 3.09. The van der Waals surface area contributed by atoms with Gasteiger partial charge in [0.05, 0.1) is 12.2 Å². The molecular weight excluding hydrogens is 241 g/mol. The van der Waals surface area contributed by atoms with Crippen molar-refractivity contribution in [1.82, 2.24) is 5.32 Å². The van der Waals surface area contributed by atoms with Gasteiger partial charge in [-0.15, -0.1) is 0 Å². The first-order chi connectivity index (χ1) is 9.17. The third kappa shape index (κ3) is 6.17. The van der Waals surface area contributed by atoms with E-state index in [0.717, 1.165) is 37.9 Å². The Bertz CT molecular complexity index is 339. The topological polar surface area (TPSA) is 21.3 Å². The molecule has 0 spiro atoms. The first-order valence-corrected chi connectivity index (χ1v) is 7.29. The summed E-state index contributed by atoms with van der Waals surface area (Å²) >= 11 is 0. The Morgan fingerprint density at radius 3 is 2.42 bits per heavy atom. The Kier molecular flexibility index (Phi) is 7.68. The van der Waals surface area contributed by atoms with Crippen molar-refractivity contribution in [2.45, 2.75) is 52.2 Å². The highest BCUT2D eigenvalue weighted by Gasteiger charge is 2.15. The van der Waals surface area contributed by atoms with Crippen LogP contribution in [0.15, 0.2) is 24.3 Å². The molecule has 3 heteroatoms. The van der Waals surface area contributed by atoms with Crippen molar-refractivity contribution >= 4 is 0 Å². The number of ether oxygens (including phenoxy) is 1. The largest absolute Gasteiger partial charge is 0.369 e. The molecule has 0 aliphatic rings. The van der Waals surface area contributed by atoms with Gasteiger partial charge in [-0.25, -0.2) is 4.39 Å². The van der Waals surface area contributed by atoms with E-state index in [1.165, 1.54) is 12.1 Å². The van der Waals surface area contributed by atoms with Crippen molar-refractivity contribution in [3.63, 3.8) is 0 Å². The molecule has 1 rings (SSSR count). The Labute approximate surface area is 116 Å². The fourth-order valence-electron chi connectivity index (χ4n) is 2.09. The summed E-state index contributed by atoms with van der Waals surface area (Å²) in [7, 11) is 0. The van der Waals surface area contributed by atoms with Gasteiger partial charge >= 0.3 is 0 Å². The molecule has 1 aromatic carbocycles. The van der Waals surface area contributed by atoms with Crippen LogP contribution in [0.3, 0.4) is 0 Å². The summed E-state index contributed by atoms with van der Waals surface area (Å²) in [5.41, 5.74) is 1.04. The zero-order valence-corrected chi connectivity index (χ0v) is 12.3. The molecule has 19 heavy (non-hydrogen) atoms. The van der Waals surface area contributed by atoms with Gasteiger partial charge < -0.3 is 10.1 Å². The van der Waals surface area contributed by atoms with E-state index in [0.29, 0.717) is 0 Å². The molecule has 0 fully saturated rings. The molecule has 0 heterocycles. The minimum absolute atomic E-state index is 0.00583. The number of halogens is 1.